The monoisotopic (exact) mass is 328 g/mol. The summed E-state index contributed by atoms with van der Waals surface area (Å²) >= 11 is 1.51. The second kappa shape index (κ2) is 6.67. The van der Waals surface area contributed by atoms with Gasteiger partial charge in [-0.25, -0.2) is 4.79 Å². The normalized spacial score (nSPS) is 13.5. The number of rotatable bonds is 4. The van der Waals surface area contributed by atoms with Gasteiger partial charge in [-0.05, 0) is 62.8 Å². The molecule has 2 aromatic rings. The average Bonchev–Trinajstić information content (AvgIpc) is 2.98. The first-order valence-corrected chi connectivity index (χ1v) is 8.75. The Kier molecular flexibility index (Phi) is 4.62. The number of ether oxygens (including phenoxy) is 1. The molecule has 23 heavy (non-hydrogen) atoms. The molecule has 0 aliphatic heterocycles. The molecule has 0 fully saturated rings. The number of aryl methyl sites for hydroxylation is 4. The number of carbonyl (C=O) groups excluding carboxylic acids is 2. The van der Waals surface area contributed by atoms with Crippen LogP contribution in [0.25, 0.3) is 0 Å². The average molecular weight is 328 g/mol. The molecular weight excluding hydrogens is 308 g/mol. The van der Waals surface area contributed by atoms with Gasteiger partial charge in [0, 0.05) is 10.4 Å². The molecule has 0 bridgehead atoms. The molecule has 0 spiro atoms. The van der Waals surface area contributed by atoms with Gasteiger partial charge in [-0.15, -0.1) is 11.3 Å². The lowest BCUT2D eigenvalue weighted by Gasteiger charge is -2.08. The molecule has 120 valence electrons. The highest BCUT2D eigenvalue weighted by atomic mass is 32.1. The fourth-order valence-electron chi connectivity index (χ4n) is 2.91. The third-order valence-corrected chi connectivity index (χ3v) is 5.44. The van der Waals surface area contributed by atoms with E-state index in [9.17, 15) is 9.59 Å². The van der Waals surface area contributed by atoms with Gasteiger partial charge in [-0.1, -0.05) is 17.7 Å². The van der Waals surface area contributed by atoms with Crippen LogP contribution in [-0.2, 0) is 17.6 Å². The number of ketones is 1. The summed E-state index contributed by atoms with van der Waals surface area (Å²) in [5.41, 5.74) is 3.83. The van der Waals surface area contributed by atoms with Crippen molar-refractivity contribution in [3.8, 4) is 0 Å². The number of carbonyl (C=O) groups is 2. The van der Waals surface area contributed by atoms with Crippen LogP contribution < -0.4 is 0 Å². The Morgan fingerprint density at radius 1 is 1.13 bits per heavy atom. The summed E-state index contributed by atoms with van der Waals surface area (Å²) < 4.78 is 5.24. The Hall–Kier alpha value is -1.94. The summed E-state index contributed by atoms with van der Waals surface area (Å²) in [6, 6.07) is 7.66. The van der Waals surface area contributed by atoms with E-state index in [4.69, 9.17) is 4.74 Å². The fraction of sp³-hybridized carbons (Fsp3) is 0.368. The standard InChI is InChI=1S/C19H20O3S/c1-12-7-8-13(2)15(9-12)16(20)11-22-19(21)18-10-14-5-3-4-6-17(14)23-18/h7-10H,3-6,11H2,1-2H3. The fourth-order valence-corrected chi connectivity index (χ4v) is 4.05. The van der Waals surface area contributed by atoms with Crippen LogP contribution >= 0.6 is 11.3 Å². The molecule has 0 amide bonds. The van der Waals surface area contributed by atoms with E-state index in [1.165, 1.54) is 34.6 Å². The van der Waals surface area contributed by atoms with Crippen LogP contribution in [0.1, 0.15) is 54.4 Å². The largest absolute Gasteiger partial charge is 0.453 e. The van der Waals surface area contributed by atoms with Crippen molar-refractivity contribution in [3.05, 3.63) is 56.3 Å². The molecule has 1 aromatic heterocycles. The van der Waals surface area contributed by atoms with Crippen LogP contribution in [0.2, 0.25) is 0 Å². The Balaban J connectivity index is 1.65. The number of hydrogen-bond donors (Lipinski definition) is 0. The second-order valence-corrected chi connectivity index (χ2v) is 7.22. The zero-order valence-electron chi connectivity index (χ0n) is 13.5. The number of Topliss-reactive ketones (excluding diaryl/α,β-unsaturated/α-hetero) is 1. The summed E-state index contributed by atoms with van der Waals surface area (Å²) in [6.45, 7) is 3.63. The third-order valence-electron chi connectivity index (χ3n) is 4.23. The molecule has 0 saturated heterocycles. The van der Waals surface area contributed by atoms with Gasteiger partial charge in [0.1, 0.15) is 4.88 Å². The number of benzene rings is 1. The first kappa shape index (κ1) is 15.9. The molecule has 0 N–H and O–H groups in total. The molecule has 4 heteroatoms. The molecule has 0 radical (unpaired) electrons. The maximum absolute atomic E-state index is 12.3. The van der Waals surface area contributed by atoms with E-state index in [-0.39, 0.29) is 18.4 Å². The predicted octanol–water partition coefficient (Wildman–Crippen LogP) is 4.28. The van der Waals surface area contributed by atoms with Crippen LogP contribution in [0.15, 0.2) is 24.3 Å². The minimum absolute atomic E-state index is 0.152. The smallest absolute Gasteiger partial charge is 0.348 e. The summed E-state index contributed by atoms with van der Waals surface area (Å²) in [6.07, 6.45) is 4.46. The highest BCUT2D eigenvalue weighted by molar-refractivity contribution is 7.14. The molecule has 1 aromatic carbocycles. The van der Waals surface area contributed by atoms with Crippen molar-refractivity contribution in [1.29, 1.82) is 0 Å². The van der Waals surface area contributed by atoms with Gasteiger partial charge < -0.3 is 4.74 Å². The quantitative estimate of drug-likeness (QED) is 0.621. The van der Waals surface area contributed by atoms with E-state index in [2.05, 4.69) is 0 Å². The molecule has 0 atom stereocenters. The summed E-state index contributed by atoms with van der Waals surface area (Å²) in [5.74, 6) is -0.538. The molecule has 1 aliphatic rings. The molecule has 3 nitrogen and oxygen atoms in total. The Morgan fingerprint density at radius 3 is 2.70 bits per heavy atom. The minimum atomic E-state index is -0.386. The lowest BCUT2D eigenvalue weighted by Crippen LogP contribution is -2.14. The van der Waals surface area contributed by atoms with Crippen molar-refractivity contribution in [2.45, 2.75) is 39.5 Å². The summed E-state index contributed by atoms with van der Waals surface area (Å²) in [7, 11) is 0. The highest BCUT2D eigenvalue weighted by Gasteiger charge is 2.19. The Labute approximate surface area is 140 Å². The van der Waals surface area contributed by atoms with Crippen molar-refractivity contribution >= 4 is 23.1 Å². The third kappa shape index (κ3) is 3.53. The van der Waals surface area contributed by atoms with Crippen molar-refractivity contribution < 1.29 is 14.3 Å². The van der Waals surface area contributed by atoms with Gasteiger partial charge in [0.2, 0.25) is 5.78 Å². The minimum Gasteiger partial charge on any atom is -0.453 e. The first-order chi connectivity index (χ1) is 11.0. The van der Waals surface area contributed by atoms with Gasteiger partial charge in [0.25, 0.3) is 0 Å². The van der Waals surface area contributed by atoms with E-state index in [1.807, 2.05) is 38.1 Å². The van der Waals surface area contributed by atoms with Crippen molar-refractivity contribution in [3.63, 3.8) is 0 Å². The second-order valence-electron chi connectivity index (χ2n) is 6.08. The van der Waals surface area contributed by atoms with Crippen LogP contribution in [0, 0.1) is 13.8 Å². The number of fused-ring (bicyclic) bond motifs is 1. The number of thiophene rings is 1. The van der Waals surface area contributed by atoms with E-state index in [0.717, 1.165) is 24.0 Å². The maximum atomic E-state index is 12.3. The topological polar surface area (TPSA) is 43.4 Å². The first-order valence-electron chi connectivity index (χ1n) is 7.94. The van der Waals surface area contributed by atoms with Crippen molar-refractivity contribution in [2.24, 2.45) is 0 Å². The Morgan fingerprint density at radius 2 is 1.91 bits per heavy atom. The molecule has 0 unspecified atom stereocenters. The molecule has 0 saturated carbocycles. The van der Waals surface area contributed by atoms with Gasteiger partial charge in [0.05, 0.1) is 0 Å². The van der Waals surface area contributed by atoms with E-state index in [0.29, 0.717) is 10.4 Å². The van der Waals surface area contributed by atoms with E-state index >= 15 is 0 Å². The zero-order chi connectivity index (χ0) is 16.4. The van der Waals surface area contributed by atoms with E-state index < -0.39 is 0 Å². The van der Waals surface area contributed by atoms with E-state index in [1.54, 1.807) is 0 Å². The summed E-state index contributed by atoms with van der Waals surface area (Å²) in [4.78, 5) is 26.4. The highest BCUT2D eigenvalue weighted by Crippen LogP contribution is 2.30. The Bertz CT molecular complexity index is 734. The van der Waals surface area contributed by atoms with Gasteiger partial charge in [0.15, 0.2) is 6.61 Å². The van der Waals surface area contributed by atoms with Crippen LogP contribution in [0.4, 0.5) is 0 Å². The number of esters is 1. The zero-order valence-corrected chi connectivity index (χ0v) is 14.3. The van der Waals surface area contributed by atoms with Crippen molar-refractivity contribution in [2.75, 3.05) is 6.61 Å². The SMILES string of the molecule is Cc1ccc(C)c(C(=O)COC(=O)c2cc3c(s2)CCCC3)c1. The summed E-state index contributed by atoms with van der Waals surface area (Å²) in [5, 5.41) is 0. The predicted molar refractivity (Wildman–Crippen MR) is 91.5 cm³/mol. The maximum Gasteiger partial charge on any atom is 0.348 e. The van der Waals surface area contributed by atoms with Crippen LogP contribution in [0.5, 0.6) is 0 Å². The van der Waals surface area contributed by atoms with Crippen LogP contribution in [-0.4, -0.2) is 18.4 Å². The lowest BCUT2D eigenvalue weighted by atomic mass is 9.99. The van der Waals surface area contributed by atoms with Crippen molar-refractivity contribution in [1.82, 2.24) is 0 Å². The number of hydrogen-bond acceptors (Lipinski definition) is 4. The molecule has 3 rings (SSSR count). The van der Waals surface area contributed by atoms with Gasteiger partial charge in [-0.3, -0.25) is 4.79 Å². The molecule has 1 aliphatic carbocycles. The lowest BCUT2D eigenvalue weighted by molar-refractivity contribution is 0.0479. The van der Waals surface area contributed by atoms with Gasteiger partial charge in [-0.2, -0.15) is 0 Å². The van der Waals surface area contributed by atoms with Crippen LogP contribution in [0.3, 0.4) is 0 Å². The van der Waals surface area contributed by atoms with Gasteiger partial charge >= 0.3 is 5.97 Å². The molecular formula is C19H20O3S. The molecule has 1 heterocycles.